The number of nitrogens with one attached hydrogen (secondary N) is 1. The summed E-state index contributed by atoms with van der Waals surface area (Å²) in [5.74, 6) is 0. The molecule has 0 unspecified atom stereocenters. The summed E-state index contributed by atoms with van der Waals surface area (Å²) in [6.45, 7) is 1.43. The number of nitrogens with two attached hydrogens (primary N) is 2. The molecule has 17 heteroatoms. The minimum atomic E-state index is -5.30. The van der Waals surface area contributed by atoms with Crippen LogP contribution in [0.4, 0.5) is 11.4 Å². The second-order valence-electron chi connectivity index (χ2n) is 7.44. The molecule has 0 heterocycles. The van der Waals surface area contributed by atoms with Gasteiger partial charge < -0.3 is 20.6 Å². The van der Waals surface area contributed by atoms with Gasteiger partial charge in [-0.3, -0.25) is 9.96 Å². The van der Waals surface area contributed by atoms with Crippen LogP contribution >= 0.6 is 0 Å². The van der Waals surface area contributed by atoms with Crippen molar-refractivity contribution in [3.63, 3.8) is 0 Å². The van der Waals surface area contributed by atoms with Crippen molar-refractivity contribution >= 4 is 59.1 Å². The number of allylic oxidation sites excluding steroid dienone is 5. The second-order valence-corrected chi connectivity index (χ2v) is 11.5. The number of aryl methyl sites for hydroxylation is 1. The predicted molar refractivity (Wildman–Crippen MR) is 126 cm³/mol. The van der Waals surface area contributed by atoms with Gasteiger partial charge in [-0.2, -0.15) is 8.42 Å². The Morgan fingerprint density at radius 2 is 1.49 bits per heavy atom. The summed E-state index contributed by atoms with van der Waals surface area (Å²) in [7, 11) is -15.1. The van der Waals surface area contributed by atoms with Crippen molar-refractivity contribution in [3.8, 4) is 0 Å². The van der Waals surface area contributed by atoms with Gasteiger partial charge in [0.1, 0.15) is 25.1 Å². The van der Waals surface area contributed by atoms with Crippen LogP contribution in [-0.4, -0.2) is 44.6 Å². The molecule has 1 aliphatic carbocycles. The average molecular weight is 586 g/mol. The van der Waals surface area contributed by atoms with E-state index in [-0.39, 0.29) is 92.8 Å². The minimum absolute atomic E-state index is 0. The van der Waals surface area contributed by atoms with Crippen molar-refractivity contribution in [3.05, 3.63) is 69.7 Å². The smallest absolute Gasteiger partial charge is 0.744 e. The van der Waals surface area contributed by atoms with Crippen molar-refractivity contribution in [2.45, 2.75) is 16.7 Å². The van der Waals surface area contributed by atoms with E-state index < -0.39 is 56.3 Å². The van der Waals surface area contributed by atoms with Gasteiger partial charge in [0.05, 0.1) is 26.9 Å². The Morgan fingerprint density at radius 1 is 0.892 bits per heavy atom. The molecule has 0 radical (unpaired) electrons. The van der Waals surface area contributed by atoms with Gasteiger partial charge >= 0.3 is 59.1 Å². The SMILES string of the molecule is Cc1cc(C=C2C=CC(=N)C(S(=O)(=O)[O-])=C2c2ccc(N)c(S(=O)(=O)O)c2)cc(S(=O)(=O)[O-])c1N.[Na+].[Na+]. The fourth-order valence-electron chi connectivity index (χ4n) is 3.45. The topological polar surface area (TPSA) is 245 Å². The number of hydrogen-bond acceptors (Lipinski definition) is 11. The van der Waals surface area contributed by atoms with E-state index in [0.29, 0.717) is 0 Å². The molecule has 3 rings (SSSR count). The van der Waals surface area contributed by atoms with Crippen LogP contribution in [-0.2, 0) is 30.4 Å². The zero-order chi connectivity index (χ0) is 26.5. The minimum Gasteiger partial charge on any atom is -0.744 e. The molecule has 12 nitrogen and oxygen atoms in total. The van der Waals surface area contributed by atoms with E-state index >= 15 is 0 Å². The predicted octanol–water partition coefficient (Wildman–Crippen LogP) is -4.75. The van der Waals surface area contributed by atoms with Gasteiger partial charge in [-0.15, -0.1) is 0 Å². The van der Waals surface area contributed by atoms with Crippen LogP contribution in [0, 0.1) is 12.3 Å². The maximum atomic E-state index is 12.1. The molecule has 2 aromatic carbocycles. The van der Waals surface area contributed by atoms with Crippen molar-refractivity contribution in [1.82, 2.24) is 0 Å². The quantitative estimate of drug-likeness (QED) is 0.147. The van der Waals surface area contributed by atoms with Crippen LogP contribution in [0.2, 0.25) is 0 Å². The van der Waals surface area contributed by atoms with Gasteiger partial charge in [0, 0.05) is 5.57 Å². The summed E-state index contributed by atoms with van der Waals surface area (Å²) in [6.07, 6.45) is 3.44. The summed E-state index contributed by atoms with van der Waals surface area (Å²) in [6, 6.07) is 5.39. The Bertz CT molecular complexity index is 1710. The Hall–Kier alpha value is -1.34. The van der Waals surface area contributed by atoms with E-state index in [1.807, 2.05) is 0 Å². The summed E-state index contributed by atoms with van der Waals surface area (Å²) < 4.78 is 104. The first-order chi connectivity index (χ1) is 15.9. The third kappa shape index (κ3) is 7.40. The van der Waals surface area contributed by atoms with E-state index in [0.717, 1.165) is 24.3 Å². The number of anilines is 2. The van der Waals surface area contributed by atoms with Gasteiger partial charge in [0.25, 0.3) is 10.1 Å². The summed E-state index contributed by atoms with van der Waals surface area (Å²) in [4.78, 5) is -2.49. The van der Waals surface area contributed by atoms with Gasteiger partial charge in [-0.05, 0) is 65.6 Å². The number of hydrogen-bond donors (Lipinski definition) is 4. The Balaban J connectivity index is 0.00000342. The van der Waals surface area contributed by atoms with Gasteiger partial charge in [0.15, 0.2) is 0 Å². The molecular formula is C20H17N3Na2O9S3. The van der Waals surface area contributed by atoms with Crippen molar-refractivity contribution in [1.29, 1.82) is 5.41 Å². The molecule has 0 spiro atoms. The average Bonchev–Trinajstić information content (AvgIpc) is 2.69. The van der Waals surface area contributed by atoms with E-state index in [4.69, 9.17) is 16.9 Å². The molecule has 0 aromatic heterocycles. The van der Waals surface area contributed by atoms with Crippen molar-refractivity contribution in [2.75, 3.05) is 11.5 Å². The van der Waals surface area contributed by atoms with E-state index in [1.54, 1.807) is 0 Å². The molecule has 186 valence electrons. The molecule has 0 aliphatic heterocycles. The van der Waals surface area contributed by atoms with E-state index in [1.165, 1.54) is 31.2 Å². The first-order valence-electron chi connectivity index (χ1n) is 9.34. The molecule has 2 aromatic rings. The van der Waals surface area contributed by atoms with Crippen molar-refractivity contribution < 1.29 is 98.0 Å². The Labute approximate surface area is 257 Å². The molecule has 37 heavy (non-hydrogen) atoms. The summed E-state index contributed by atoms with van der Waals surface area (Å²) >= 11 is 0. The molecule has 0 fully saturated rings. The number of benzene rings is 2. The molecule has 0 amide bonds. The molecule has 6 N–H and O–H groups in total. The standard InChI is InChI=1S/C20H19N3O9S3.2Na/c1-10-6-11(8-17(19(10)23)34(27,28)29)7-12-3-5-15(22)20(35(30,31)32)18(12)13-2-4-14(21)16(9-13)33(24,25)26;;/h2-9,22H,21,23H2,1H3,(H,24,25,26)(H,27,28,29)(H,30,31,32);;/q;2*+1/p-2. The molecule has 1 aliphatic rings. The van der Waals surface area contributed by atoms with Crippen LogP contribution in [0.1, 0.15) is 16.7 Å². The second kappa shape index (κ2) is 11.8. The maximum absolute atomic E-state index is 12.1. The van der Waals surface area contributed by atoms with Crippen LogP contribution in [0.25, 0.3) is 11.6 Å². The summed E-state index contributed by atoms with van der Waals surface area (Å²) in [5.41, 5.74) is 9.57. The van der Waals surface area contributed by atoms with Gasteiger partial charge in [-0.25, -0.2) is 16.8 Å². The number of rotatable bonds is 5. The van der Waals surface area contributed by atoms with E-state index in [9.17, 15) is 38.9 Å². The van der Waals surface area contributed by atoms with Crippen LogP contribution < -0.4 is 70.6 Å². The third-order valence-electron chi connectivity index (χ3n) is 4.98. The largest absolute Gasteiger partial charge is 1.00 e. The Kier molecular flexibility index (Phi) is 10.8. The molecule has 0 saturated carbocycles. The van der Waals surface area contributed by atoms with E-state index in [2.05, 4.69) is 0 Å². The molecule has 0 bridgehead atoms. The molecule has 0 atom stereocenters. The number of nitrogen functional groups attached to an aromatic ring is 2. The van der Waals surface area contributed by atoms with Crippen LogP contribution in [0.15, 0.2) is 62.8 Å². The molecular weight excluding hydrogens is 568 g/mol. The maximum Gasteiger partial charge on any atom is 1.00 e. The fourth-order valence-corrected chi connectivity index (χ4v) is 5.63. The monoisotopic (exact) mass is 585 g/mol. The third-order valence-corrected chi connectivity index (χ3v) is 7.69. The van der Waals surface area contributed by atoms with Gasteiger partial charge in [0.2, 0.25) is 0 Å². The van der Waals surface area contributed by atoms with Gasteiger partial charge in [-0.1, -0.05) is 12.1 Å². The molecule has 0 saturated heterocycles. The van der Waals surface area contributed by atoms with Crippen LogP contribution in [0.3, 0.4) is 0 Å². The van der Waals surface area contributed by atoms with Crippen LogP contribution in [0.5, 0.6) is 0 Å². The first kappa shape index (κ1) is 33.7. The van der Waals surface area contributed by atoms with Crippen molar-refractivity contribution in [2.24, 2.45) is 0 Å². The summed E-state index contributed by atoms with van der Waals surface area (Å²) in [5, 5.41) is 7.97. The normalized spacial score (nSPS) is 15.4. The zero-order valence-electron chi connectivity index (χ0n) is 19.7. The fraction of sp³-hybridized carbons (Fsp3) is 0.0500. The first-order valence-corrected chi connectivity index (χ1v) is 13.6. The Morgan fingerprint density at radius 3 is 2.00 bits per heavy atom. The zero-order valence-corrected chi connectivity index (χ0v) is 26.2.